The van der Waals surface area contributed by atoms with Crippen LogP contribution in [0, 0.1) is 0 Å². The quantitative estimate of drug-likeness (QED) is 0.627. The minimum Gasteiger partial charge on any atom is -0.368 e. The van der Waals surface area contributed by atoms with Gasteiger partial charge in [0.2, 0.25) is 11.8 Å². The first-order valence-electron chi connectivity index (χ1n) is 10.6. The molecule has 1 saturated heterocycles. The zero-order chi connectivity index (χ0) is 21.6. The number of hydrogen-bond donors (Lipinski definition) is 1. The van der Waals surface area contributed by atoms with E-state index in [0.29, 0.717) is 19.5 Å². The van der Waals surface area contributed by atoms with Crippen LogP contribution in [-0.4, -0.2) is 39.1 Å². The normalized spacial score (nSPS) is 16.5. The Hall–Kier alpha value is -3.67. The molecule has 2 amide bonds. The van der Waals surface area contributed by atoms with Crippen LogP contribution in [0.15, 0.2) is 72.9 Å². The molecule has 6 nitrogen and oxygen atoms in total. The number of hydrogen-bond acceptors (Lipinski definition) is 3. The van der Waals surface area contributed by atoms with Gasteiger partial charge in [-0.2, -0.15) is 5.10 Å². The van der Waals surface area contributed by atoms with Gasteiger partial charge in [-0.3, -0.25) is 14.3 Å². The average molecular weight is 415 g/mol. The molecule has 0 aliphatic carbocycles. The van der Waals surface area contributed by atoms with Gasteiger partial charge in [0.1, 0.15) is 6.04 Å². The third kappa shape index (κ3) is 4.91. The Bertz CT molecular complexity index is 1070. The van der Waals surface area contributed by atoms with Crippen molar-refractivity contribution in [1.82, 2.24) is 14.7 Å². The van der Waals surface area contributed by atoms with E-state index in [1.807, 2.05) is 59.4 Å². The zero-order valence-electron chi connectivity index (χ0n) is 17.4. The summed E-state index contributed by atoms with van der Waals surface area (Å²) in [6.45, 7) is 1.19. The van der Waals surface area contributed by atoms with Gasteiger partial charge in [-0.1, -0.05) is 60.7 Å². The van der Waals surface area contributed by atoms with Gasteiger partial charge in [0.15, 0.2) is 0 Å². The van der Waals surface area contributed by atoms with Gasteiger partial charge in [0.05, 0.1) is 12.2 Å². The van der Waals surface area contributed by atoms with Crippen molar-refractivity contribution in [3.05, 3.63) is 84.1 Å². The maximum Gasteiger partial charge on any atom is 0.247 e. The molecule has 1 fully saturated rings. The molecule has 1 aliphatic rings. The van der Waals surface area contributed by atoms with Crippen LogP contribution in [0.25, 0.3) is 17.3 Å². The monoisotopic (exact) mass is 414 g/mol. The van der Waals surface area contributed by atoms with Gasteiger partial charge >= 0.3 is 0 Å². The highest BCUT2D eigenvalue weighted by Crippen LogP contribution is 2.24. The van der Waals surface area contributed by atoms with E-state index in [-0.39, 0.29) is 5.91 Å². The van der Waals surface area contributed by atoms with Gasteiger partial charge < -0.3 is 10.6 Å². The van der Waals surface area contributed by atoms with Crippen molar-refractivity contribution in [2.45, 2.75) is 31.8 Å². The predicted octanol–water partition coefficient (Wildman–Crippen LogP) is 3.48. The zero-order valence-corrected chi connectivity index (χ0v) is 17.4. The van der Waals surface area contributed by atoms with Crippen LogP contribution in [0.3, 0.4) is 0 Å². The number of carbonyl (C=O) groups is 2. The Morgan fingerprint density at radius 2 is 1.74 bits per heavy atom. The number of piperidine rings is 1. The fourth-order valence-corrected chi connectivity index (χ4v) is 3.98. The molecule has 2 aromatic carbocycles. The van der Waals surface area contributed by atoms with Gasteiger partial charge in [-0.05, 0) is 30.9 Å². The Morgan fingerprint density at radius 1 is 1.03 bits per heavy atom. The SMILES string of the molecule is NC(=O)C1CCCCN1C(=O)C=Cc1cn(Cc2ccccc2)nc1-c1ccccc1. The van der Waals surface area contributed by atoms with Crippen LogP contribution in [0.4, 0.5) is 0 Å². The lowest BCUT2D eigenvalue weighted by molar-refractivity contribution is -0.137. The molecular weight excluding hydrogens is 388 g/mol. The topological polar surface area (TPSA) is 81.2 Å². The summed E-state index contributed by atoms with van der Waals surface area (Å²) in [5.41, 5.74) is 9.30. The van der Waals surface area contributed by atoms with Gasteiger partial charge in [-0.25, -0.2) is 0 Å². The van der Waals surface area contributed by atoms with E-state index in [4.69, 9.17) is 10.8 Å². The number of nitrogens with zero attached hydrogens (tertiary/aromatic N) is 3. The lowest BCUT2D eigenvalue weighted by atomic mass is 10.0. The average Bonchev–Trinajstić information content (AvgIpc) is 3.21. The number of amides is 2. The summed E-state index contributed by atoms with van der Waals surface area (Å²) in [7, 11) is 0. The molecule has 0 radical (unpaired) electrons. The second kappa shape index (κ2) is 9.43. The minimum atomic E-state index is -0.528. The highest BCUT2D eigenvalue weighted by atomic mass is 16.2. The van der Waals surface area contributed by atoms with E-state index in [2.05, 4.69) is 12.1 Å². The van der Waals surface area contributed by atoms with Crippen molar-refractivity contribution >= 4 is 17.9 Å². The second-order valence-corrected chi connectivity index (χ2v) is 7.76. The molecule has 2 heterocycles. The van der Waals surface area contributed by atoms with E-state index in [1.54, 1.807) is 11.0 Å². The maximum atomic E-state index is 12.8. The Balaban J connectivity index is 1.61. The molecule has 0 bridgehead atoms. The lowest BCUT2D eigenvalue weighted by Crippen LogP contribution is -2.49. The highest BCUT2D eigenvalue weighted by molar-refractivity contribution is 5.96. The van der Waals surface area contributed by atoms with E-state index in [9.17, 15) is 9.59 Å². The van der Waals surface area contributed by atoms with E-state index in [0.717, 1.165) is 35.2 Å². The van der Waals surface area contributed by atoms with Crippen LogP contribution in [-0.2, 0) is 16.1 Å². The molecule has 0 saturated carbocycles. The molecule has 4 rings (SSSR count). The van der Waals surface area contributed by atoms with Gasteiger partial charge in [0.25, 0.3) is 0 Å². The van der Waals surface area contributed by atoms with Gasteiger partial charge in [-0.15, -0.1) is 0 Å². The Labute approximate surface area is 182 Å². The Morgan fingerprint density at radius 3 is 2.45 bits per heavy atom. The van der Waals surface area contributed by atoms with Crippen LogP contribution < -0.4 is 5.73 Å². The van der Waals surface area contributed by atoms with Crippen LogP contribution in [0.5, 0.6) is 0 Å². The summed E-state index contributed by atoms with van der Waals surface area (Å²) in [5, 5.41) is 4.78. The van der Waals surface area contributed by atoms with Crippen molar-refractivity contribution in [3.63, 3.8) is 0 Å². The first kappa shape index (κ1) is 20.6. The number of primary amides is 1. The molecule has 6 heteroatoms. The van der Waals surface area contributed by atoms with Crippen molar-refractivity contribution in [3.8, 4) is 11.3 Å². The summed E-state index contributed by atoms with van der Waals surface area (Å²) >= 11 is 0. The fourth-order valence-electron chi connectivity index (χ4n) is 3.98. The molecule has 1 aliphatic heterocycles. The van der Waals surface area contributed by atoms with E-state index in [1.165, 1.54) is 6.08 Å². The summed E-state index contributed by atoms with van der Waals surface area (Å²) in [6, 6.07) is 19.5. The number of rotatable bonds is 6. The Kier molecular flexibility index (Phi) is 6.26. The standard InChI is InChI=1S/C25H26N4O2/c26-25(31)22-13-7-8-16-29(22)23(30)15-14-21-18-28(17-19-9-3-1-4-10-19)27-24(21)20-11-5-2-6-12-20/h1-6,9-12,14-15,18,22H,7-8,13,16-17H2,(H2,26,31). The second-order valence-electron chi connectivity index (χ2n) is 7.76. The number of nitrogens with two attached hydrogens (primary N) is 1. The third-order valence-electron chi connectivity index (χ3n) is 5.54. The molecule has 0 spiro atoms. The summed E-state index contributed by atoms with van der Waals surface area (Å²) in [5.74, 6) is -0.638. The largest absolute Gasteiger partial charge is 0.368 e. The smallest absolute Gasteiger partial charge is 0.247 e. The van der Waals surface area contributed by atoms with E-state index >= 15 is 0 Å². The fraction of sp³-hybridized carbons (Fsp3) is 0.240. The maximum absolute atomic E-state index is 12.8. The van der Waals surface area contributed by atoms with Crippen LogP contribution >= 0.6 is 0 Å². The van der Waals surface area contributed by atoms with Crippen molar-refractivity contribution in [2.24, 2.45) is 5.73 Å². The lowest BCUT2D eigenvalue weighted by Gasteiger charge is -2.32. The summed E-state index contributed by atoms with van der Waals surface area (Å²) in [6.07, 6.45) is 7.67. The van der Waals surface area contributed by atoms with Crippen molar-refractivity contribution in [1.29, 1.82) is 0 Å². The molecule has 158 valence electrons. The molecule has 2 N–H and O–H groups in total. The van der Waals surface area contributed by atoms with Crippen molar-refractivity contribution in [2.75, 3.05) is 6.54 Å². The minimum absolute atomic E-state index is 0.196. The van der Waals surface area contributed by atoms with Gasteiger partial charge in [0, 0.05) is 29.9 Å². The van der Waals surface area contributed by atoms with Crippen LogP contribution in [0.1, 0.15) is 30.4 Å². The van der Waals surface area contributed by atoms with E-state index < -0.39 is 11.9 Å². The predicted molar refractivity (Wildman–Crippen MR) is 121 cm³/mol. The summed E-state index contributed by atoms with van der Waals surface area (Å²) in [4.78, 5) is 26.2. The number of carbonyl (C=O) groups excluding carboxylic acids is 2. The van der Waals surface area contributed by atoms with Crippen LogP contribution in [0.2, 0.25) is 0 Å². The first-order valence-corrected chi connectivity index (χ1v) is 10.6. The third-order valence-corrected chi connectivity index (χ3v) is 5.54. The molecule has 1 atom stereocenters. The van der Waals surface area contributed by atoms with Crippen molar-refractivity contribution < 1.29 is 9.59 Å². The number of benzene rings is 2. The summed E-state index contributed by atoms with van der Waals surface area (Å²) < 4.78 is 1.88. The first-order chi connectivity index (χ1) is 15.1. The molecule has 1 aromatic heterocycles. The molecule has 31 heavy (non-hydrogen) atoms. The molecule has 1 unspecified atom stereocenters. The number of likely N-dealkylation sites (tertiary alicyclic amines) is 1. The highest BCUT2D eigenvalue weighted by Gasteiger charge is 2.29. The number of aromatic nitrogens is 2. The molecular formula is C25H26N4O2. The molecule has 3 aromatic rings.